The van der Waals surface area contributed by atoms with Gasteiger partial charge in [0, 0.05) is 29.3 Å². The fourth-order valence-corrected chi connectivity index (χ4v) is 5.42. The number of nitrogen functional groups attached to an aromatic ring is 1. The smallest absolute Gasteiger partial charge is 0.347 e. The average molecular weight is 541 g/mol. The van der Waals surface area contributed by atoms with Crippen molar-refractivity contribution >= 4 is 22.4 Å². The number of carboxylic acid groups (broad SMARTS) is 1. The molecule has 2 aromatic carbocycles. The molecule has 9 heteroatoms. The van der Waals surface area contributed by atoms with Gasteiger partial charge in [0.2, 0.25) is 6.10 Å². The van der Waals surface area contributed by atoms with Gasteiger partial charge in [-0.2, -0.15) is 0 Å². The highest BCUT2D eigenvalue weighted by molar-refractivity contribution is 7.13. The van der Waals surface area contributed by atoms with Gasteiger partial charge in [-0.15, -0.1) is 11.3 Å². The lowest BCUT2D eigenvalue weighted by Crippen LogP contribution is -2.45. The lowest BCUT2D eigenvalue weighted by atomic mass is 9.95. The molecule has 0 fully saturated rings. The van der Waals surface area contributed by atoms with E-state index in [-0.39, 0.29) is 0 Å². The lowest BCUT2D eigenvalue weighted by molar-refractivity contribution is -0.154. The summed E-state index contributed by atoms with van der Waals surface area (Å²) >= 11 is 1.39. The third-order valence-electron chi connectivity index (χ3n) is 6.54. The zero-order chi connectivity index (χ0) is 27.1. The van der Waals surface area contributed by atoms with E-state index in [4.69, 9.17) is 24.7 Å². The van der Waals surface area contributed by atoms with E-state index in [2.05, 4.69) is 18.8 Å². The Bertz CT molecular complexity index is 1240. The Morgan fingerprint density at radius 1 is 1.18 bits per heavy atom. The van der Waals surface area contributed by atoms with Crippen LogP contribution < -0.4 is 19.9 Å². The highest BCUT2D eigenvalue weighted by atomic mass is 32.1. The van der Waals surface area contributed by atoms with E-state index in [0.717, 1.165) is 65.1 Å². The van der Waals surface area contributed by atoms with Crippen molar-refractivity contribution in [2.24, 2.45) is 0 Å². The Morgan fingerprint density at radius 2 is 2.00 bits per heavy atom. The Morgan fingerprint density at radius 3 is 2.68 bits per heavy atom. The molecule has 0 aliphatic carbocycles. The zero-order valence-corrected chi connectivity index (χ0v) is 23.0. The molecule has 204 valence electrons. The van der Waals surface area contributed by atoms with Gasteiger partial charge in [-0.1, -0.05) is 44.9 Å². The Balaban J connectivity index is 1.38. The first-order chi connectivity index (χ1) is 18.5. The molecule has 1 aromatic heterocycles. The minimum atomic E-state index is -1.03. The molecule has 1 aliphatic heterocycles. The molecule has 3 N–H and O–H groups in total. The fraction of sp³-hybridized carbons (Fsp3) is 0.448. The van der Waals surface area contributed by atoms with Gasteiger partial charge in [0.05, 0.1) is 26.0 Å². The van der Waals surface area contributed by atoms with Crippen molar-refractivity contribution in [1.82, 2.24) is 4.98 Å². The zero-order valence-electron chi connectivity index (χ0n) is 22.2. The summed E-state index contributed by atoms with van der Waals surface area (Å²) in [4.78, 5) is 16.4. The van der Waals surface area contributed by atoms with Crippen molar-refractivity contribution in [3.8, 4) is 28.5 Å². The van der Waals surface area contributed by atoms with E-state index in [0.29, 0.717) is 36.9 Å². The molecular weight excluding hydrogens is 504 g/mol. The molecule has 2 heterocycles. The maximum Gasteiger partial charge on any atom is 0.347 e. The molecule has 0 radical (unpaired) electrons. The summed E-state index contributed by atoms with van der Waals surface area (Å²) in [5.74, 6) is 1.20. The van der Waals surface area contributed by atoms with Crippen molar-refractivity contribution in [2.75, 3.05) is 26.1 Å². The topological polar surface area (TPSA) is 113 Å². The van der Waals surface area contributed by atoms with Crippen molar-refractivity contribution in [2.45, 2.75) is 64.6 Å². The van der Waals surface area contributed by atoms with E-state index in [9.17, 15) is 9.90 Å². The number of hydrogen-bond acceptors (Lipinski definition) is 8. The normalized spacial score (nSPS) is 16.5. The number of carbonyl (C=O) groups is 1. The monoisotopic (exact) mass is 540 g/mol. The number of fused-ring (bicyclic) bond motifs is 1. The van der Waals surface area contributed by atoms with Crippen LogP contribution in [0.15, 0.2) is 35.7 Å². The Kier molecular flexibility index (Phi) is 9.47. The lowest BCUT2D eigenvalue weighted by Gasteiger charge is -2.32. The van der Waals surface area contributed by atoms with Gasteiger partial charge < -0.3 is 29.8 Å². The molecule has 38 heavy (non-hydrogen) atoms. The molecule has 0 bridgehead atoms. The van der Waals surface area contributed by atoms with E-state index in [1.165, 1.54) is 11.3 Å². The minimum Gasteiger partial charge on any atom is -0.496 e. The van der Waals surface area contributed by atoms with E-state index in [1.54, 1.807) is 7.11 Å². The molecule has 0 amide bonds. The largest absolute Gasteiger partial charge is 0.496 e. The molecule has 0 saturated heterocycles. The van der Waals surface area contributed by atoms with Gasteiger partial charge in [0.25, 0.3) is 0 Å². The van der Waals surface area contributed by atoms with Gasteiger partial charge in [-0.25, -0.2) is 9.78 Å². The van der Waals surface area contributed by atoms with Crippen LogP contribution >= 0.6 is 11.3 Å². The summed E-state index contributed by atoms with van der Waals surface area (Å²) in [7, 11) is 1.65. The number of rotatable bonds is 13. The maximum absolute atomic E-state index is 12.0. The van der Waals surface area contributed by atoms with Crippen molar-refractivity contribution < 1.29 is 28.8 Å². The summed E-state index contributed by atoms with van der Waals surface area (Å²) in [6.07, 6.45) is 3.05. The number of nitrogens with zero attached hydrogens (tertiary/aromatic N) is 1. The van der Waals surface area contributed by atoms with Crippen LogP contribution in [0.4, 0.5) is 5.13 Å². The molecule has 2 unspecified atom stereocenters. The summed E-state index contributed by atoms with van der Waals surface area (Å²) in [6, 6.07) is 9.87. The van der Waals surface area contributed by atoms with Crippen molar-refractivity contribution in [1.29, 1.82) is 0 Å². The highest BCUT2D eigenvalue weighted by Crippen LogP contribution is 2.40. The summed E-state index contributed by atoms with van der Waals surface area (Å²) in [6.45, 7) is 4.99. The number of thiazole rings is 1. The number of carboxylic acids is 1. The van der Waals surface area contributed by atoms with E-state index in [1.807, 2.05) is 35.7 Å². The van der Waals surface area contributed by atoms with E-state index >= 15 is 0 Å². The Hall–Kier alpha value is -3.30. The first-order valence-corrected chi connectivity index (χ1v) is 14.0. The number of anilines is 1. The molecule has 1 aliphatic rings. The van der Waals surface area contributed by atoms with Crippen molar-refractivity contribution in [3.63, 3.8) is 0 Å². The van der Waals surface area contributed by atoms with Crippen LogP contribution in [0.1, 0.15) is 49.8 Å². The first-order valence-electron chi connectivity index (χ1n) is 13.1. The van der Waals surface area contributed by atoms with Crippen LogP contribution in [0.2, 0.25) is 0 Å². The number of aromatic nitrogens is 1. The van der Waals surface area contributed by atoms with Crippen LogP contribution in [-0.2, 0) is 28.8 Å². The van der Waals surface area contributed by atoms with Crippen LogP contribution in [0.25, 0.3) is 11.3 Å². The second kappa shape index (κ2) is 13.0. The summed E-state index contributed by atoms with van der Waals surface area (Å²) in [5, 5.41) is 12.2. The number of ether oxygens (including phenoxy) is 4. The fourth-order valence-electron chi connectivity index (χ4n) is 4.85. The van der Waals surface area contributed by atoms with Crippen LogP contribution in [-0.4, -0.2) is 48.6 Å². The molecule has 2 atom stereocenters. The van der Waals surface area contributed by atoms with Gasteiger partial charge in [-0.05, 0) is 36.1 Å². The number of hydrogen-bond donors (Lipinski definition) is 2. The number of aryl methyl sites for hydroxylation is 1. The number of para-hydroxylation sites is 1. The van der Waals surface area contributed by atoms with E-state index < -0.39 is 18.2 Å². The predicted octanol–water partition coefficient (Wildman–Crippen LogP) is 5.55. The molecular formula is C29H36N2O6S. The third kappa shape index (κ3) is 6.22. The molecule has 3 aromatic rings. The second-order valence-electron chi connectivity index (χ2n) is 9.29. The molecule has 4 rings (SSSR count). The SMILES string of the molecule is CCCc1cccc2c1OC(C(=O)O)C(OCCCOc1ccc(-c3csc(N)n3)c(OC)c1CCC)C2. The maximum atomic E-state index is 12.0. The quantitative estimate of drug-likeness (QED) is 0.271. The molecule has 0 saturated carbocycles. The summed E-state index contributed by atoms with van der Waals surface area (Å²) in [5.41, 5.74) is 10.5. The Labute approximate surface area is 227 Å². The molecule has 8 nitrogen and oxygen atoms in total. The van der Waals surface area contributed by atoms with Crippen LogP contribution in [0, 0.1) is 0 Å². The molecule has 0 spiro atoms. The average Bonchev–Trinajstić information content (AvgIpc) is 3.34. The first kappa shape index (κ1) is 27.7. The summed E-state index contributed by atoms with van der Waals surface area (Å²) < 4.78 is 23.9. The van der Waals surface area contributed by atoms with Crippen LogP contribution in [0.3, 0.4) is 0 Å². The van der Waals surface area contributed by atoms with Gasteiger partial charge in [0.15, 0.2) is 5.13 Å². The number of nitrogens with two attached hydrogens (primary N) is 1. The van der Waals surface area contributed by atoms with Crippen molar-refractivity contribution in [3.05, 3.63) is 52.4 Å². The second-order valence-corrected chi connectivity index (χ2v) is 10.2. The van der Waals surface area contributed by atoms with Gasteiger partial charge in [0.1, 0.15) is 23.4 Å². The predicted molar refractivity (Wildman–Crippen MR) is 149 cm³/mol. The number of benzene rings is 2. The minimum absolute atomic E-state index is 0.359. The van der Waals surface area contributed by atoms with Gasteiger partial charge in [-0.3, -0.25) is 0 Å². The van der Waals surface area contributed by atoms with Crippen LogP contribution in [0.5, 0.6) is 17.2 Å². The number of methoxy groups -OCH3 is 1. The highest BCUT2D eigenvalue weighted by Gasteiger charge is 2.37. The number of aliphatic carboxylic acids is 1. The standard InChI is InChI=1S/C29H36N2O6S/c1-4-8-18-10-6-11-19-16-24(27(28(32)33)37-25(18)19)36-15-7-14-35-23-13-12-20(22-17-38-29(30)31-22)26(34-3)21(23)9-5-2/h6,10-13,17,24,27H,4-5,7-9,14-16H2,1-3H3,(H2,30,31)(H,32,33). The van der Waals surface area contributed by atoms with Gasteiger partial charge >= 0.3 is 5.97 Å². The third-order valence-corrected chi connectivity index (χ3v) is 7.22.